The molecule has 13 nitrogen and oxygen atoms in total. The van der Waals surface area contributed by atoms with E-state index in [0.29, 0.717) is 10.7 Å². The third kappa shape index (κ3) is 8.01. The highest BCUT2D eigenvalue weighted by molar-refractivity contribution is 6.12. The van der Waals surface area contributed by atoms with Gasteiger partial charge in [0.2, 0.25) is 0 Å². The average Bonchev–Trinajstić information content (AvgIpc) is 3.32. The summed E-state index contributed by atoms with van der Waals surface area (Å²) in [5.41, 5.74) is -3.19. The first-order valence-corrected chi connectivity index (χ1v) is 12.8. The van der Waals surface area contributed by atoms with Crippen molar-refractivity contribution in [1.82, 2.24) is 20.1 Å². The molecule has 0 aliphatic rings. The van der Waals surface area contributed by atoms with E-state index >= 15 is 4.39 Å². The van der Waals surface area contributed by atoms with Crippen LogP contribution in [0.2, 0.25) is 0 Å². The standard InChI is InChI=1S/C28H24F4N6O7/c1-27(2,3)45-26(42)38-20-8-5-14(28(30,31)32)11-17(20)22(37-38)23(39)34-19-7-6-15(12-18(19)29)44-16-9-10-33-21(13-16)35-24(40)36-25(41)43-4/h5-13H,1-4H3,(H,34,39)(H2,33,35,36,40,41). The number of halogens is 4. The van der Waals surface area contributed by atoms with Crippen molar-refractivity contribution in [1.29, 1.82) is 0 Å². The van der Waals surface area contributed by atoms with Crippen LogP contribution < -0.4 is 20.7 Å². The van der Waals surface area contributed by atoms with Gasteiger partial charge < -0.3 is 19.5 Å². The summed E-state index contributed by atoms with van der Waals surface area (Å²) in [5, 5.41) is 9.95. The van der Waals surface area contributed by atoms with Gasteiger partial charge in [-0.1, -0.05) is 0 Å². The van der Waals surface area contributed by atoms with Gasteiger partial charge in [-0.3, -0.25) is 10.1 Å². The van der Waals surface area contributed by atoms with E-state index in [2.05, 4.69) is 25.5 Å². The van der Waals surface area contributed by atoms with E-state index in [0.717, 1.165) is 31.4 Å². The number of hydrogen-bond acceptors (Lipinski definition) is 9. The largest absolute Gasteiger partial charge is 0.457 e. The highest BCUT2D eigenvalue weighted by Crippen LogP contribution is 2.33. The van der Waals surface area contributed by atoms with Crippen molar-refractivity contribution in [2.24, 2.45) is 0 Å². The molecule has 45 heavy (non-hydrogen) atoms. The van der Waals surface area contributed by atoms with Crippen molar-refractivity contribution in [3.05, 3.63) is 71.8 Å². The Labute approximate surface area is 251 Å². The van der Waals surface area contributed by atoms with Crippen molar-refractivity contribution < 1.29 is 51.0 Å². The quantitative estimate of drug-likeness (QED) is 0.214. The molecule has 0 spiro atoms. The van der Waals surface area contributed by atoms with Crippen LogP contribution in [0, 0.1) is 5.82 Å². The molecule has 4 aromatic rings. The molecule has 0 aliphatic carbocycles. The van der Waals surface area contributed by atoms with Crippen LogP contribution in [0.3, 0.4) is 0 Å². The zero-order valence-corrected chi connectivity index (χ0v) is 23.9. The number of nitrogens with one attached hydrogen (secondary N) is 3. The number of rotatable bonds is 5. The number of alkyl carbamates (subject to hydrolysis) is 1. The lowest BCUT2D eigenvalue weighted by atomic mass is 10.1. The Kier molecular flexibility index (Phi) is 8.92. The normalized spacial score (nSPS) is 11.5. The molecule has 2 aromatic heterocycles. The van der Waals surface area contributed by atoms with Crippen molar-refractivity contribution in [3.8, 4) is 11.5 Å². The van der Waals surface area contributed by atoms with Gasteiger partial charge in [0.05, 0.1) is 23.9 Å². The highest BCUT2D eigenvalue weighted by Gasteiger charge is 2.33. The Morgan fingerprint density at radius 3 is 2.27 bits per heavy atom. The van der Waals surface area contributed by atoms with Gasteiger partial charge in [0.25, 0.3) is 5.91 Å². The van der Waals surface area contributed by atoms with E-state index in [-0.39, 0.29) is 33.9 Å². The number of aromatic nitrogens is 3. The molecule has 3 N–H and O–H groups in total. The van der Waals surface area contributed by atoms with Gasteiger partial charge >= 0.3 is 24.4 Å². The summed E-state index contributed by atoms with van der Waals surface area (Å²) in [6.45, 7) is 4.70. The monoisotopic (exact) mass is 632 g/mol. The topological polar surface area (TPSA) is 163 Å². The van der Waals surface area contributed by atoms with Crippen molar-refractivity contribution in [2.75, 3.05) is 17.7 Å². The molecule has 0 fully saturated rings. The molecule has 2 heterocycles. The minimum atomic E-state index is -4.76. The fraction of sp³-hybridized carbons (Fsp3) is 0.214. The molecule has 0 bridgehead atoms. The number of imide groups is 1. The number of carbonyl (C=O) groups excluding carboxylic acids is 4. The number of methoxy groups -OCH3 is 1. The maximum absolute atomic E-state index is 15.0. The first kappa shape index (κ1) is 32.2. The Balaban J connectivity index is 1.56. The molecular weight excluding hydrogens is 608 g/mol. The number of ether oxygens (including phenoxy) is 3. The number of fused-ring (bicyclic) bond motifs is 1. The van der Waals surface area contributed by atoms with Gasteiger partial charge in [0, 0.05) is 23.7 Å². The molecule has 0 radical (unpaired) electrons. The van der Waals surface area contributed by atoms with Crippen molar-refractivity contribution in [2.45, 2.75) is 32.5 Å². The van der Waals surface area contributed by atoms with Gasteiger partial charge in [0.15, 0.2) is 5.69 Å². The number of pyridine rings is 1. The molecule has 4 amide bonds. The van der Waals surface area contributed by atoms with Gasteiger partial charge in [-0.15, -0.1) is 0 Å². The number of urea groups is 1. The number of benzene rings is 2. The van der Waals surface area contributed by atoms with Crippen LogP contribution in [0.1, 0.15) is 36.8 Å². The molecular formula is C28H24F4N6O7. The Morgan fingerprint density at radius 2 is 1.62 bits per heavy atom. The van der Waals surface area contributed by atoms with E-state index in [9.17, 15) is 32.3 Å². The van der Waals surface area contributed by atoms with Crippen LogP contribution in [0.25, 0.3) is 10.9 Å². The lowest BCUT2D eigenvalue weighted by Crippen LogP contribution is -2.34. The molecule has 0 saturated heterocycles. The Bertz CT molecular complexity index is 1800. The van der Waals surface area contributed by atoms with Gasteiger partial charge in [0.1, 0.15) is 28.7 Å². The summed E-state index contributed by atoms with van der Waals surface area (Å²) >= 11 is 0. The molecule has 0 aliphatic heterocycles. The lowest BCUT2D eigenvalue weighted by Gasteiger charge is -2.19. The number of nitrogens with zero attached hydrogens (tertiary/aromatic N) is 3. The Morgan fingerprint density at radius 1 is 0.911 bits per heavy atom. The van der Waals surface area contributed by atoms with Crippen molar-refractivity contribution >= 4 is 46.5 Å². The number of hydrogen-bond donors (Lipinski definition) is 3. The first-order valence-electron chi connectivity index (χ1n) is 12.8. The molecule has 2 aromatic carbocycles. The number of alkyl halides is 3. The van der Waals surface area contributed by atoms with Crippen LogP contribution in [0.15, 0.2) is 54.7 Å². The third-order valence-electron chi connectivity index (χ3n) is 5.59. The highest BCUT2D eigenvalue weighted by atomic mass is 19.4. The average molecular weight is 633 g/mol. The molecule has 4 rings (SSSR count). The maximum Gasteiger partial charge on any atom is 0.435 e. The fourth-order valence-corrected chi connectivity index (χ4v) is 3.72. The van der Waals surface area contributed by atoms with Crippen LogP contribution in [-0.4, -0.2) is 51.6 Å². The van der Waals surface area contributed by atoms with Gasteiger partial charge in [-0.25, -0.2) is 29.1 Å². The number of carbonyl (C=O) groups is 4. The summed E-state index contributed by atoms with van der Waals surface area (Å²) < 4.78 is 71.1. The van der Waals surface area contributed by atoms with Gasteiger partial charge in [-0.2, -0.15) is 23.0 Å². The molecule has 236 valence electrons. The van der Waals surface area contributed by atoms with Crippen LogP contribution in [-0.2, 0) is 15.7 Å². The first-order chi connectivity index (χ1) is 21.0. The second kappa shape index (κ2) is 12.5. The zero-order valence-electron chi connectivity index (χ0n) is 23.9. The zero-order chi connectivity index (χ0) is 33.1. The van der Waals surface area contributed by atoms with E-state index in [1.807, 2.05) is 5.32 Å². The van der Waals surface area contributed by atoms with Crippen molar-refractivity contribution in [3.63, 3.8) is 0 Å². The summed E-state index contributed by atoms with van der Waals surface area (Å²) in [7, 11) is 1.07. The summed E-state index contributed by atoms with van der Waals surface area (Å²) in [4.78, 5) is 52.7. The predicted molar refractivity (Wildman–Crippen MR) is 150 cm³/mol. The second-order valence-corrected chi connectivity index (χ2v) is 10.1. The minimum absolute atomic E-state index is 0.0232. The molecule has 0 atom stereocenters. The lowest BCUT2D eigenvalue weighted by molar-refractivity contribution is -0.137. The van der Waals surface area contributed by atoms with E-state index in [4.69, 9.17) is 9.47 Å². The second-order valence-electron chi connectivity index (χ2n) is 10.1. The summed E-state index contributed by atoms with van der Waals surface area (Å²) in [6, 6.07) is 7.39. The molecule has 0 unspecified atom stereocenters. The summed E-state index contributed by atoms with van der Waals surface area (Å²) in [6.07, 6.45) is -5.55. The maximum atomic E-state index is 15.0. The predicted octanol–water partition coefficient (Wildman–Crippen LogP) is 6.30. The minimum Gasteiger partial charge on any atom is -0.457 e. The van der Waals surface area contributed by atoms with E-state index in [1.54, 1.807) is 20.8 Å². The number of amides is 4. The van der Waals surface area contributed by atoms with Crippen LogP contribution in [0.5, 0.6) is 11.5 Å². The van der Waals surface area contributed by atoms with E-state index < -0.39 is 53.0 Å². The fourth-order valence-electron chi connectivity index (χ4n) is 3.72. The van der Waals surface area contributed by atoms with Crippen LogP contribution >= 0.6 is 0 Å². The third-order valence-corrected chi connectivity index (χ3v) is 5.59. The smallest absolute Gasteiger partial charge is 0.435 e. The van der Waals surface area contributed by atoms with Gasteiger partial charge in [-0.05, 0) is 57.2 Å². The van der Waals surface area contributed by atoms with Crippen LogP contribution in [0.4, 0.5) is 43.5 Å². The SMILES string of the molecule is COC(=O)NC(=O)Nc1cc(Oc2ccc(NC(=O)c3nn(C(=O)OC(C)(C)C)c4ccc(C(F)(F)F)cc34)c(F)c2)ccn1. The Hall–Kier alpha value is -5.74. The molecule has 17 heteroatoms. The number of anilines is 2. The molecule has 0 saturated carbocycles. The van der Waals surface area contributed by atoms with E-state index in [1.165, 1.54) is 24.4 Å². The summed E-state index contributed by atoms with van der Waals surface area (Å²) in [5.74, 6) is -2.06.